The minimum absolute atomic E-state index is 0.0203. The fourth-order valence-electron chi connectivity index (χ4n) is 3.46. The van der Waals surface area contributed by atoms with E-state index in [1.165, 1.54) is 35.0 Å². The van der Waals surface area contributed by atoms with Crippen LogP contribution in [0.5, 0.6) is 5.88 Å². The number of nitrogens with zero attached hydrogens (tertiary/aromatic N) is 4. The van der Waals surface area contributed by atoms with Crippen LogP contribution in [0.1, 0.15) is 22.9 Å². The van der Waals surface area contributed by atoms with E-state index >= 15 is 0 Å². The van der Waals surface area contributed by atoms with Gasteiger partial charge in [-0.05, 0) is 30.7 Å². The molecule has 0 unspecified atom stereocenters. The molecule has 2 heterocycles. The summed E-state index contributed by atoms with van der Waals surface area (Å²) in [4.78, 5) is 15.2. The zero-order valence-electron chi connectivity index (χ0n) is 17.6. The smallest absolute Gasteiger partial charge is 0.269 e. The van der Waals surface area contributed by atoms with Gasteiger partial charge in [-0.2, -0.15) is 4.98 Å². The number of rotatable bonds is 5. The van der Waals surface area contributed by atoms with Crippen LogP contribution in [-0.4, -0.2) is 20.1 Å². The summed E-state index contributed by atoms with van der Waals surface area (Å²) in [6.45, 7) is 2.06. The zero-order chi connectivity index (χ0) is 22.8. The fourth-order valence-corrected chi connectivity index (χ4v) is 4.20. The molecule has 0 amide bonds. The van der Waals surface area contributed by atoms with E-state index in [9.17, 15) is 10.1 Å². The predicted molar refractivity (Wildman–Crippen MR) is 126 cm³/mol. The molecule has 33 heavy (non-hydrogen) atoms. The molecule has 4 aromatic rings. The Balaban J connectivity index is 1.46. The van der Waals surface area contributed by atoms with Crippen LogP contribution in [0.4, 0.5) is 11.4 Å². The number of non-ortho nitro benzene ring substituents is 1. The number of aromatic nitrogens is 3. The summed E-state index contributed by atoms with van der Waals surface area (Å²) in [6.07, 6.45) is -0.597. The number of nitro benzene ring substituents is 1. The van der Waals surface area contributed by atoms with Gasteiger partial charge in [-0.15, -0.1) is 10.2 Å². The number of hydrogen-bond acceptors (Lipinski definition) is 8. The molecule has 1 aliphatic heterocycles. The standard InChI is InChI=1S/C24H19N5O3S/c1-15-6-8-16(9-7-15)14-33-24-26-23-21(27-28-24)19-4-2-3-5-20(19)25-22(32-23)17-10-12-18(13-11-17)29(30)31/h2-13,22,25H,14H2,1H3/t22-/m0/s1. The first kappa shape index (κ1) is 20.9. The molecule has 1 N–H and O–H groups in total. The van der Waals surface area contributed by atoms with E-state index < -0.39 is 11.2 Å². The lowest BCUT2D eigenvalue weighted by atomic mass is 10.1. The first-order valence-electron chi connectivity index (χ1n) is 10.3. The Morgan fingerprint density at radius 1 is 1.03 bits per heavy atom. The summed E-state index contributed by atoms with van der Waals surface area (Å²) in [7, 11) is 0. The highest BCUT2D eigenvalue weighted by atomic mass is 32.2. The lowest BCUT2D eigenvalue weighted by Crippen LogP contribution is -2.17. The Morgan fingerprint density at radius 3 is 2.55 bits per heavy atom. The number of ether oxygens (including phenoxy) is 1. The highest BCUT2D eigenvalue weighted by molar-refractivity contribution is 7.98. The Kier molecular flexibility index (Phi) is 5.62. The van der Waals surface area contributed by atoms with Crippen molar-refractivity contribution < 1.29 is 9.66 Å². The molecular formula is C24H19N5O3S. The van der Waals surface area contributed by atoms with E-state index in [-0.39, 0.29) is 5.69 Å². The second-order valence-electron chi connectivity index (χ2n) is 7.56. The molecule has 9 heteroatoms. The fraction of sp³-hybridized carbons (Fsp3) is 0.125. The van der Waals surface area contributed by atoms with Crippen molar-refractivity contribution in [2.75, 3.05) is 5.32 Å². The minimum Gasteiger partial charge on any atom is -0.448 e. The topological polar surface area (TPSA) is 103 Å². The number of aryl methyl sites for hydroxylation is 1. The Morgan fingerprint density at radius 2 is 1.79 bits per heavy atom. The number of hydrogen-bond donors (Lipinski definition) is 1. The average Bonchev–Trinajstić information content (AvgIpc) is 3.00. The minimum atomic E-state index is -0.597. The number of benzene rings is 3. The van der Waals surface area contributed by atoms with Gasteiger partial charge in [0, 0.05) is 34.7 Å². The molecule has 1 aliphatic rings. The third kappa shape index (κ3) is 4.49. The van der Waals surface area contributed by atoms with Gasteiger partial charge in [-0.25, -0.2) is 0 Å². The van der Waals surface area contributed by atoms with E-state index in [0.717, 1.165) is 16.8 Å². The number of nitro groups is 1. The SMILES string of the molecule is Cc1ccc(CSc2nnc3c(n2)O[C@@H](c2ccc([N+](=O)[O-])cc2)Nc2ccccc2-3)cc1. The van der Waals surface area contributed by atoms with Crippen molar-refractivity contribution in [1.29, 1.82) is 0 Å². The lowest BCUT2D eigenvalue weighted by molar-refractivity contribution is -0.384. The normalized spacial score (nSPS) is 14.3. The van der Waals surface area contributed by atoms with Crippen LogP contribution < -0.4 is 10.1 Å². The molecule has 3 aromatic carbocycles. The summed E-state index contributed by atoms with van der Waals surface area (Å²) in [5, 5.41) is 23.6. The highest BCUT2D eigenvalue weighted by Crippen LogP contribution is 2.39. The molecule has 0 aliphatic carbocycles. The molecule has 0 saturated carbocycles. The maximum absolute atomic E-state index is 11.0. The quantitative estimate of drug-likeness (QED) is 0.236. The summed E-state index contributed by atoms with van der Waals surface area (Å²) in [6, 6.07) is 22.3. The second-order valence-corrected chi connectivity index (χ2v) is 8.50. The molecule has 1 aromatic heterocycles. The summed E-state index contributed by atoms with van der Waals surface area (Å²) in [5.74, 6) is 1.07. The first-order chi connectivity index (χ1) is 16.1. The van der Waals surface area contributed by atoms with Crippen LogP contribution >= 0.6 is 11.8 Å². The van der Waals surface area contributed by atoms with Crippen molar-refractivity contribution in [1.82, 2.24) is 15.2 Å². The number of para-hydroxylation sites is 1. The summed E-state index contributed by atoms with van der Waals surface area (Å²) in [5.41, 5.74) is 5.32. The van der Waals surface area contributed by atoms with Gasteiger partial charge in [0.1, 0.15) is 0 Å². The number of fused-ring (bicyclic) bond motifs is 3. The third-order valence-corrected chi connectivity index (χ3v) is 6.14. The van der Waals surface area contributed by atoms with E-state index in [2.05, 4.69) is 51.7 Å². The van der Waals surface area contributed by atoms with E-state index in [1.54, 1.807) is 12.1 Å². The molecule has 164 valence electrons. The van der Waals surface area contributed by atoms with Crippen LogP contribution in [0.25, 0.3) is 11.3 Å². The number of anilines is 1. The second kappa shape index (κ2) is 8.87. The van der Waals surface area contributed by atoms with Crippen molar-refractivity contribution in [2.24, 2.45) is 0 Å². The number of thioether (sulfide) groups is 1. The predicted octanol–water partition coefficient (Wildman–Crippen LogP) is 5.55. The monoisotopic (exact) mass is 457 g/mol. The summed E-state index contributed by atoms with van der Waals surface area (Å²) >= 11 is 1.48. The lowest BCUT2D eigenvalue weighted by Gasteiger charge is -2.19. The van der Waals surface area contributed by atoms with Crippen molar-refractivity contribution in [3.63, 3.8) is 0 Å². The Labute approximate surface area is 194 Å². The van der Waals surface area contributed by atoms with Crippen LogP contribution in [0.3, 0.4) is 0 Å². The van der Waals surface area contributed by atoms with Crippen LogP contribution in [0.15, 0.2) is 78.0 Å². The molecule has 0 saturated heterocycles. The average molecular weight is 458 g/mol. The van der Waals surface area contributed by atoms with Crippen molar-refractivity contribution in [2.45, 2.75) is 24.1 Å². The van der Waals surface area contributed by atoms with Gasteiger partial charge in [0.2, 0.25) is 11.0 Å². The molecule has 5 rings (SSSR count). The van der Waals surface area contributed by atoms with Gasteiger partial charge >= 0.3 is 0 Å². The van der Waals surface area contributed by atoms with E-state index in [1.807, 2.05) is 24.3 Å². The van der Waals surface area contributed by atoms with Gasteiger partial charge in [-0.3, -0.25) is 10.1 Å². The van der Waals surface area contributed by atoms with Crippen LogP contribution in [-0.2, 0) is 5.75 Å². The van der Waals surface area contributed by atoms with Crippen molar-refractivity contribution in [3.05, 3.63) is 99.6 Å². The van der Waals surface area contributed by atoms with E-state index in [0.29, 0.717) is 22.5 Å². The molecule has 0 bridgehead atoms. The molecule has 1 atom stereocenters. The van der Waals surface area contributed by atoms with Gasteiger partial charge in [0.25, 0.3) is 5.69 Å². The molecular weight excluding hydrogens is 438 g/mol. The Hall–Kier alpha value is -3.98. The van der Waals surface area contributed by atoms with E-state index in [4.69, 9.17) is 4.74 Å². The Bertz CT molecular complexity index is 1310. The number of nitrogens with one attached hydrogen (secondary N) is 1. The van der Waals surface area contributed by atoms with Crippen LogP contribution in [0, 0.1) is 17.0 Å². The molecule has 0 fully saturated rings. The molecule has 0 spiro atoms. The maximum Gasteiger partial charge on any atom is 0.269 e. The van der Waals surface area contributed by atoms with Crippen molar-refractivity contribution in [3.8, 4) is 17.1 Å². The van der Waals surface area contributed by atoms with Crippen LogP contribution in [0.2, 0.25) is 0 Å². The first-order valence-corrected chi connectivity index (χ1v) is 11.3. The summed E-state index contributed by atoms with van der Waals surface area (Å²) < 4.78 is 6.23. The maximum atomic E-state index is 11.0. The largest absolute Gasteiger partial charge is 0.448 e. The van der Waals surface area contributed by atoms with Gasteiger partial charge in [0.05, 0.1) is 4.92 Å². The highest BCUT2D eigenvalue weighted by Gasteiger charge is 2.26. The van der Waals surface area contributed by atoms with Gasteiger partial charge < -0.3 is 10.1 Å². The van der Waals surface area contributed by atoms with Crippen molar-refractivity contribution >= 4 is 23.1 Å². The molecule has 8 nitrogen and oxygen atoms in total. The van der Waals surface area contributed by atoms with Gasteiger partial charge in [-0.1, -0.05) is 59.8 Å². The molecule has 0 radical (unpaired) electrons. The van der Waals surface area contributed by atoms with Gasteiger partial charge in [0.15, 0.2) is 11.9 Å². The zero-order valence-corrected chi connectivity index (χ0v) is 18.5. The third-order valence-electron chi connectivity index (χ3n) is 5.23.